The van der Waals surface area contributed by atoms with Crippen LogP contribution in [0.4, 0.5) is 0 Å². The van der Waals surface area contributed by atoms with Crippen LogP contribution in [0.25, 0.3) is 11.6 Å². The lowest BCUT2D eigenvalue weighted by Gasteiger charge is -2.42. The number of allylic oxidation sites excluding steroid dienone is 1. The first-order valence-electron chi connectivity index (χ1n) is 10.4. The SMILES string of the molecule is CCNS(=O)(=O)c1ccc(/C=C(\C)c2ccc3c(c2)C(C)(C)CCC3(C)C)cc1. The Morgan fingerprint density at radius 1 is 0.966 bits per heavy atom. The van der Waals surface area contributed by atoms with E-state index in [0.29, 0.717) is 11.4 Å². The van der Waals surface area contributed by atoms with Crippen LogP contribution in [0.3, 0.4) is 0 Å². The molecule has 0 atom stereocenters. The fourth-order valence-corrected chi connectivity index (χ4v) is 5.22. The second-order valence-corrected chi connectivity index (χ2v) is 11.2. The van der Waals surface area contributed by atoms with E-state index in [1.165, 1.54) is 35.1 Å². The molecule has 4 heteroatoms. The van der Waals surface area contributed by atoms with Gasteiger partial charge in [-0.05, 0) is 70.6 Å². The average molecular weight is 412 g/mol. The van der Waals surface area contributed by atoms with Gasteiger partial charge in [-0.2, -0.15) is 0 Å². The summed E-state index contributed by atoms with van der Waals surface area (Å²) >= 11 is 0. The molecule has 3 nitrogen and oxygen atoms in total. The number of fused-ring (bicyclic) bond motifs is 1. The summed E-state index contributed by atoms with van der Waals surface area (Å²) < 4.78 is 26.7. The number of hydrogen-bond acceptors (Lipinski definition) is 2. The van der Waals surface area contributed by atoms with Crippen molar-refractivity contribution >= 4 is 21.7 Å². The number of sulfonamides is 1. The van der Waals surface area contributed by atoms with E-state index in [4.69, 9.17) is 0 Å². The highest BCUT2D eigenvalue weighted by Crippen LogP contribution is 2.46. The molecule has 0 saturated heterocycles. The maximum atomic E-state index is 12.1. The summed E-state index contributed by atoms with van der Waals surface area (Å²) in [6.07, 6.45) is 4.52. The summed E-state index contributed by atoms with van der Waals surface area (Å²) in [7, 11) is -3.41. The second kappa shape index (κ2) is 7.73. The molecule has 1 aliphatic carbocycles. The maximum Gasteiger partial charge on any atom is 0.240 e. The molecule has 0 bridgehead atoms. The zero-order valence-electron chi connectivity index (χ0n) is 18.5. The van der Waals surface area contributed by atoms with E-state index in [0.717, 1.165) is 5.56 Å². The Morgan fingerprint density at radius 2 is 1.55 bits per heavy atom. The first-order valence-corrected chi connectivity index (χ1v) is 11.9. The number of hydrogen-bond donors (Lipinski definition) is 1. The van der Waals surface area contributed by atoms with Gasteiger partial charge in [0.25, 0.3) is 0 Å². The van der Waals surface area contributed by atoms with Crippen molar-refractivity contribution in [3.05, 3.63) is 64.7 Å². The average Bonchev–Trinajstić information content (AvgIpc) is 2.66. The predicted molar refractivity (Wildman–Crippen MR) is 123 cm³/mol. The van der Waals surface area contributed by atoms with E-state index in [2.05, 4.69) is 63.6 Å². The first kappa shape index (κ1) is 21.8. The largest absolute Gasteiger partial charge is 0.240 e. The highest BCUT2D eigenvalue weighted by Gasteiger charge is 2.36. The van der Waals surface area contributed by atoms with Crippen LogP contribution in [0.1, 0.15) is 76.6 Å². The van der Waals surface area contributed by atoms with Crippen molar-refractivity contribution in [2.24, 2.45) is 0 Å². The zero-order valence-corrected chi connectivity index (χ0v) is 19.3. The van der Waals surface area contributed by atoms with Gasteiger partial charge in [0.05, 0.1) is 4.90 Å². The topological polar surface area (TPSA) is 46.2 Å². The Morgan fingerprint density at radius 3 is 2.14 bits per heavy atom. The van der Waals surface area contributed by atoms with E-state index < -0.39 is 10.0 Å². The van der Waals surface area contributed by atoms with E-state index in [1.807, 2.05) is 12.1 Å². The molecule has 0 saturated carbocycles. The molecule has 0 amide bonds. The summed E-state index contributed by atoms with van der Waals surface area (Å²) in [4.78, 5) is 0.298. The Hall–Kier alpha value is -1.91. The summed E-state index contributed by atoms with van der Waals surface area (Å²) in [5.41, 5.74) is 6.70. The van der Waals surface area contributed by atoms with E-state index >= 15 is 0 Å². The van der Waals surface area contributed by atoms with E-state index in [9.17, 15) is 8.42 Å². The van der Waals surface area contributed by atoms with Crippen molar-refractivity contribution in [2.75, 3.05) is 6.54 Å². The van der Waals surface area contributed by atoms with Gasteiger partial charge in [0.1, 0.15) is 0 Å². The molecule has 0 fully saturated rings. The summed E-state index contributed by atoms with van der Waals surface area (Å²) in [5, 5.41) is 0. The third kappa shape index (κ3) is 4.49. The van der Waals surface area contributed by atoms with Crippen LogP contribution in [0, 0.1) is 0 Å². The Labute approximate surface area is 176 Å². The Kier molecular flexibility index (Phi) is 5.81. The summed E-state index contributed by atoms with van der Waals surface area (Å²) in [5.74, 6) is 0. The van der Waals surface area contributed by atoms with Crippen molar-refractivity contribution in [1.29, 1.82) is 0 Å². The number of rotatable bonds is 5. The molecule has 1 aliphatic rings. The van der Waals surface area contributed by atoms with Gasteiger partial charge >= 0.3 is 0 Å². The molecular weight excluding hydrogens is 378 g/mol. The smallest absolute Gasteiger partial charge is 0.211 e. The van der Waals surface area contributed by atoms with Gasteiger partial charge in [0, 0.05) is 6.54 Å². The first-order chi connectivity index (χ1) is 13.5. The Balaban J connectivity index is 1.93. The molecule has 156 valence electrons. The molecular formula is C25H33NO2S. The van der Waals surface area contributed by atoms with Crippen LogP contribution in [0.5, 0.6) is 0 Å². The second-order valence-electron chi connectivity index (χ2n) is 9.43. The molecule has 0 unspecified atom stereocenters. The number of nitrogens with one attached hydrogen (secondary N) is 1. The molecule has 0 aromatic heterocycles. The lowest BCUT2D eigenvalue weighted by molar-refractivity contribution is 0.332. The fraction of sp³-hybridized carbons (Fsp3) is 0.440. The molecule has 0 radical (unpaired) electrons. The molecule has 29 heavy (non-hydrogen) atoms. The third-order valence-electron chi connectivity index (χ3n) is 6.22. The van der Waals surface area contributed by atoms with Crippen LogP contribution in [-0.4, -0.2) is 15.0 Å². The van der Waals surface area contributed by atoms with Gasteiger partial charge < -0.3 is 0 Å². The van der Waals surface area contributed by atoms with Gasteiger partial charge in [0.15, 0.2) is 0 Å². The molecule has 3 rings (SSSR count). The molecule has 0 heterocycles. The monoisotopic (exact) mass is 411 g/mol. The van der Waals surface area contributed by atoms with Crippen LogP contribution < -0.4 is 4.72 Å². The minimum atomic E-state index is -3.41. The third-order valence-corrected chi connectivity index (χ3v) is 7.78. The highest BCUT2D eigenvalue weighted by molar-refractivity contribution is 7.89. The van der Waals surface area contributed by atoms with Gasteiger partial charge in [-0.3, -0.25) is 0 Å². The molecule has 0 aliphatic heterocycles. The van der Waals surface area contributed by atoms with Crippen LogP contribution in [0.2, 0.25) is 0 Å². The molecule has 1 N–H and O–H groups in total. The van der Waals surface area contributed by atoms with Gasteiger partial charge in [-0.1, -0.05) is 71.0 Å². The minimum absolute atomic E-state index is 0.184. The molecule has 2 aromatic rings. The highest BCUT2D eigenvalue weighted by atomic mass is 32.2. The number of benzene rings is 2. The summed E-state index contributed by atoms with van der Waals surface area (Å²) in [6, 6.07) is 13.9. The minimum Gasteiger partial charge on any atom is -0.211 e. The van der Waals surface area contributed by atoms with Crippen molar-refractivity contribution in [1.82, 2.24) is 4.72 Å². The van der Waals surface area contributed by atoms with Gasteiger partial charge in [0.2, 0.25) is 10.0 Å². The molecule has 0 spiro atoms. The zero-order chi connectivity index (χ0) is 21.4. The lowest BCUT2D eigenvalue weighted by Crippen LogP contribution is -2.33. The van der Waals surface area contributed by atoms with Crippen molar-refractivity contribution in [3.8, 4) is 0 Å². The molecule has 2 aromatic carbocycles. The van der Waals surface area contributed by atoms with Gasteiger partial charge in [-0.15, -0.1) is 0 Å². The van der Waals surface area contributed by atoms with Gasteiger partial charge in [-0.25, -0.2) is 13.1 Å². The normalized spacial score (nSPS) is 18.3. The van der Waals surface area contributed by atoms with Crippen LogP contribution in [-0.2, 0) is 20.9 Å². The summed E-state index contributed by atoms with van der Waals surface area (Å²) in [6.45, 7) is 13.6. The Bertz CT molecular complexity index is 1030. The quantitative estimate of drug-likeness (QED) is 0.623. The van der Waals surface area contributed by atoms with Crippen LogP contribution in [0.15, 0.2) is 47.4 Å². The van der Waals surface area contributed by atoms with Crippen molar-refractivity contribution < 1.29 is 8.42 Å². The standard InChI is InChI=1S/C25H33NO2S/c1-7-26-29(27,28)21-11-8-19(9-12-21)16-18(2)20-10-13-22-23(17-20)25(5,6)15-14-24(22,3)4/h8-13,16-17,26H,7,14-15H2,1-6H3/b18-16+. The van der Waals surface area contributed by atoms with E-state index in [1.54, 1.807) is 19.1 Å². The van der Waals surface area contributed by atoms with Crippen LogP contribution >= 0.6 is 0 Å². The lowest BCUT2D eigenvalue weighted by atomic mass is 9.63. The van der Waals surface area contributed by atoms with E-state index in [-0.39, 0.29) is 10.8 Å². The maximum absolute atomic E-state index is 12.1. The fourth-order valence-electron chi connectivity index (χ4n) is 4.18. The predicted octanol–water partition coefficient (Wildman–Crippen LogP) is 5.89. The van der Waals surface area contributed by atoms with Crippen molar-refractivity contribution in [3.63, 3.8) is 0 Å². The van der Waals surface area contributed by atoms with Crippen molar-refractivity contribution in [2.45, 2.75) is 70.1 Å².